The summed E-state index contributed by atoms with van der Waals surface area (Å²) < 4.78 is 19.2. The highest BCUT2D eigenvalue weighted by Gasteiger charge is 2.38. The molecule has 2 fully saturated rings. The molecule has 29 heavy (non-hydrogen) atoms. The summed E-state index contributed by atoms with van der Waals surface area (Å²) in [6.45, 7) is 2.60. The lowest BCUT2D eigenvalue weighted by Gasteiger charge is -2.37. The van der Waals surface area contributed by atoms with Gasteiger partial charge >= 0.3 is 0 Å². The second-order valence-corrected chi connectivity index (χ2v) is 7.37. The van der Waals surface area contributed by atoms with Crippen LogP contribution in [0, 0.1) is 11.7 Å². The maximum Gasteiger partial charge on any atom is 0.228 e. The number of piperazine rings is 1. The van der Waals surface area contributed by atoms with E-state index in [0.717, 1.165) is 11.4 Å². The van der Waals surface area contributed by atoms with Crippen LogP contribution in [-0.4, -0.2) is 56.5 Å². The van der Waals surface area contributed by atoms with Gasteiger partial charge in [0.1, 0.15) is 11.6 Å². The Morgan fingerprint density at radius 2 is 1.72 bits per heavy atom. The molecule has 6 nitrogen and oxygen atoms in total. The molecular weight excluding hydrogens is 373 g/mol. The maximum atomic E-state index is 14.0. The van der Waals surface area contributed by atoms with Crippen molar-refractivity contribution in [3.63, 3.8) is 0 Å². The summed E-state index contributed by atoms with van der Waals surface area (Å²) in [4.78, 5) is 30.9. The minimum absolute atomic E-state index is 0.00236. The van der Waals surface area contributed by atoms with E-state index in [2.05, 4.69) is 0 Å². The van der Waals surface area contributed by atoms with Crippen LogP contribution in [0.4, 0.5) is 15.8 Å². The van der Waals surface area contributed by atoms with Gasteiger partial charge in [-0.1, -0.05) is 12.1 Å². The number of nitrogens with zero attached hydrogens (tertiary/aromatic N) is 3. The molecule has 2 heterocycles. The second kappa shape index (κ2) is 8.11. The fraction of sp³-hybridized carbons (Fsp3) is 0.364. The van der Waals surface area contributed by atoms with E-state index in [1.165, 1.54) is 6.07 Å². The quantitative estimate of drug-likeness (QED) is 0.796. The molecule has 0 unspecified atom stereocenters. The third-order valence-corrected chi connectivity index (χ3v) is 5.64. The molecule has 2 aromatic rings. The Morgan fingerprint density at radius 3 is 2.38 bits per heavy atom. The van der Waals surface area contributed by atoms with Gasteiger partial charge in [-0.15, -0.1) is 0 Å². The number of amides is 2. The van der Waals surface area contributed by atoms with Crippen molar-refractivity contribution >= 4 is 23.2 Å². The molecule has 0 aromatic heterocycles. The zero-order valence-electron chi connectivity index (χ0n) is 16.4. The number of methoxy groups -OCH3 is 1. The first-order valence-corrected chi connectivity index (χ1v) is 9.79. The minimum atomic E-state index is -0.343. The number of ether oxygens (including phenoxy) is 1. The van der Waals surface area contributed by atoms with Crippen LogP contribution in [0.25, 0.3) is 0 Å². The molecule has 7 heteroatoms. The van der Waals surface area contributed by atoms with E-state index >= 15 is 0 Å². The lowest BCUT2D eigenvalue weighted by molar-refractivity contribution is -0.136. The predicted octanol–water partition coefficient (Wildman–Crippen LogP) is 2.54. The molecule has 1 atom stereocenters. The van der Waals surface area contributed by atoms with Crippen molar-refractivity contribution in [2.75, 3.05) is 49.6 Å². The first-order chi connectivity index (χ1) is 14.1. The number of carbonyl (C=O) groups is 2. The average Bonchev–Trinajstić information content (AvgIpc) is 3.15. The monoisotopic (exact) mass is 397 g/mol. The first-order valence-electron chi connectivity index (χ1n) is 9.79. The summed E-state index contributed by atoms with van der Waals surface area (Å²) in [5.74, 6) is 0.0928. The Balaban J connectivity index is 1.37. The van der Waals surface area contributed by atoms with Gasteiger partial charge in [-0.3, -0.25) is 9.59 Å². The molecule has 152 valence electrons. The van der Waals surface area contributed by atoms with Crippen molar-refractivity contribution in [1.29, 1.82) is 0 Å². The van der Waals surface area contributed by atoms with Crippen LogP contribution in [0.15, 0.2) is 48.5 Å². The fourth-order valence-electron chi connectivity index (χ4n) is 4.02. The van der Waals surface area contributed by atoms with Crippen LogP contribution in [0.1, 0.15) is 6.42 Å². The van der Waals surface area contributed by atoms with Crippen LogP contribution >= 0.6 is 0 Å². The van der Waals surface area contributed by atoms with Gasteiger partial charge in [0.2, 0.25) is 11.8 Å². The Bertz CT molecular complexity index is 894. The normalized spacial score (nSPS) is 19.6. The molecule has 2 aliphatic heterocycles. The van der Waals surface area contributed by atoms with Crippen molar-refractivity contribution in [2.45, 2.75) is 6.42 Å². The SMILES string of the molecule is COc1ccc(N2C[C@@H](C(=O)N3CCN(c4ccccc4F)CC3)CC2=O)cc1. The summed E-state index contributed by atoms with van der Waals surface area (Å²) in [7, 11) is 1.59. The number of carbonyl (C=O) groups excluding carboxylic acids is 2. The highest BCUT2D eigenvalue weighted by Crippen LogP contribution is 2.28. The third kappa shape index (κ3) is 3.90. The fourth-order valence-corrected chi connectivity index (χ4v) is 4.02. The van der Waals surface area contributed by atoms with Gasteiger partial charge in [-0.05, 0) is 36.4 Å². The molecule has 2 aromatic carbocycles. The van der Waals surface area contributed by atoms with Crippen molar-refractivity contribution in [1.82, 2.24) is 4.90 Å². The standard InChI is InChI=1S/C22H24FN3O3/c1-29-18-8-6-17(7-9-18)26-15-16(14-21(26)27)22(28)25-12-10-24(11-13-25)20-5-3-2-4-19(20)23/h2-9,16H,10-15H2,1H3/t16-/m0/s1. The molecule has 2 aliphatic rings. The molecule has 0 spiro atoms. The van der Waals surface area contributed by atoms with E-state index < -0.39 is 0 Å². The lowest BCUT2D eigenvalue weighted by atomic mass is 10.1. The van der Waals surface area contributed by atoms with Gasteiger partial charge in [0, 0.05) is 44.8 Å². The van der Waals surface area contributed by atoms with Crippen LogP contribution in [0.3, 0.4) is 0 Å². The molecular formula is C22H24FN3O3. The first kappa shape index (κ1) is 19.2. The van der Waals surface area contributed by atoms with E-state index in [1.54, 1.807) is 41.2 Å². The van der Waals surface area contributed by atoms with E-state index in [9.17, 15) is 14.0 Å². The Hall–Kier alpha value is -3.09. The summed E-state index contributed by atoms with van der Waals surface area (Å²) in [5, 5.41) is 0. The molecule has 0 N–H and O–H groups in total. The van der Waals surface area contributed by atoms with E-state index in [4.69, 9.17) is 4.74 Å². The summed E-state index contributed by atoms with van der Waals surface area (Å²) in [6.07, 6.45) is 0.221. The molecule has 2 amide bonds. The highest BCUT2D eigenvalue weighted by molar-refractivity contribution is 6.00. The van der Waals surface area contributed by atoms with Crippen LogP contribution in [0.2, 0.25) is 0 Å². The summed E-state index contributed by atoms with van der Waals surface area (Å²) >= 11 is 0. The van der Waals surface area contributed by atoms with E-state index in [1.807, 2.05) is 23.1 Å². The molecule has 0 saturated carbocycles. The zero-order chi connectivity index (χ0) is 20.4. The average molecular weight is 397 g/mol. The smallest absolute Gasteiger partial charge is 0.228 e. The van der Waals surface area contributed by atoms with E-state index in [-0.39, 0.29) is 30.0 Å². The molecule has 0 radical (unpaired) electrons. The van der Waals surface area contributed by atoms with Crippen molar-refractivity contribution in [2.24, 2.45) is 5.92 Å². The van der Waals surface area contributed by atoms with Crippen LogP contribution in [0.5, 0.6) is 5.75 Å². The van der Waals surface area contributed by atoms with Gasteiger partial charge in [0.25, 0.3) is 0 Å². The minimum Gasteiger partial charge on any atom is -0.497 e. The number of halogens is 1. The topological polar surface area (TPSA) is 53.1 Å². The van der Waals surface area contributed by atoms with Crippen molar-refractivity contribution in [3.8, 4) is 5.75 Å². The Morgan fingerprint density at radius 1 is 1.03 bits per heavy atom. The summed E-state index contributed by atoms with van der Waals surface area (Å²) in [5.41, 5.74) is 1.34. The van der Waals surface area contributed by atoms with Gasteiger partial charge in [-0.2, -0.15) is 0 Å². The Labute approximate surface area is 169 Å². The van der Waals surface area contributed by atoms with Crippen LogP contribution in [-0.2, 0) is 9.59 Å². The highest BCUT2D eigenvalue weighted by atomic mass is 19.1. The summed E-state index contributed by atoms with van der Waals surface area (Å²) in [6, 6.07) is 14.0. The molecule has 0 aliphatic carbocycles. The second-order valence-electron chi connectivity index (χ2n) is 7.37. The number of hydrogen-bond donors (Lipinski definition) is 0. The Kier molecular flexibility index (Phi) is 5.38. The van der Waals surface area contributed by atoms with Crippen LogP contribution < -0.4 is 14.5 Å². The molecule has 0 bridgehead atoms. The molecule has 4 rings (SSSR count). The van der Waals surface area contributed by atoms with Gasteiger partial charge in [0.15, 0.2) is 0 Å². The molecule has 2 saturated heterocycles. The van der Waals surface area contributed by atoms with Gasteiger partial charge in [0.05, 0.1) is 18.7 Å². The number of anilines is 2. The lowest BCUT2D eigenvalue weighted by Crippen LogP contribution is -2.51. The number of rotatable bonds is 4. The maximum absolute atomic E-state index is 14.0. The number of benzene rings is 2. The number of para-hydroxylation sites is 1. The predicted molar refractivity (Wildman–Crippen MR) is 109 cm³/mol. The van der Waals surface area contributed by atoms with Gasteiger partial charge in [-0.25, -0.2) is 4.39 Å². The zero-order valence-corrected chi connectivity index (χ0v) is 16.4. The van der Waals surface area contributed by atoms with E-state index in [0.29, 0.717) is 38.4 Å². The third-order valence-electron chi connectivity index (χ3n) is 5.64. The van der Waals surface area contributed by atoms with Crippen molar-refractivity contribution < 1.29 is 18.7 Å². The van der Waals surface area contributed by atoms with Crippen molar-refractivity contribution in [3.05, 3.63) is 54.3 Å². The van der Waals surface area contributed by atoms with Gasteiger partial charge < -0.3 is 19.4 Å². The number of hydrogen-bond acceptors (Lipinski definition) is 4. The largest absolute Gasteiger partial charge is 0.497 e.